The molecule has 21 heavy (non-hydrogen) atoms. The molecule has 0 aliphatic rings. The number of hydrogen-bond donors (Lipinski definition) is 3. The van der Waals surface area contributed by atoms with Gasteiger partial charge in [-0.3, -0.25) is 5.41 Å². The zero-order chi connectivity index (χ0) is 15.0. The maximum absolute atomic E-state index is 7.69. The highest BCUT2D eigenvalue weighted by atomic mass is 79.9. The van der Waals surface area contributed by atoms with E-state index >= 15 is 0 Å². The lowest BCUT2D eigenvalue weighted by Crippen LogP contribution is -2.12. The number of aromatic nitrogens is 2. The van der Waals surface area contributed by atoms with E-state index in [-0.39, 0.29) is 5.84 Å². The van der Waals surface area contributed by atoms with E-state index in [1.54, 1.807) is 0 Å². The van der Waals surface area contributed by atoms with Gasteiger partial charge in [0.2, 0.25) is 0 Å². The number of nitrogens with two attached hydrogens (primary N) is 1. The molecule has 0 aliphatic heterocycles. The van der Waals surface area contributed by atoms with Crippen LogP contribution >= 0.6 is 27.7 Å². The SMILES string of the molecule is Cc1ccc2nc(Sc3ccc(Br)cc3C(=N)N)[nH]c2c1. The largest absolute Gasteiger partial charge is 0.384 e. The molecule has 0 amide bonds. The summed E-state index contributed by atoms with van der Waals surface area (Å²) in [5, 5.41) is 8.48. The standard InChI is InChI=1S/C15H13BrN4S/c1-8-2-4-11-12(6-8)20-15(19-11)21-13-5-3-9(16)7-10(13)14(17)18/h2-7H,1H3,(H3,17,18)(H,19,20). The van der Waals surface area contributed by atoms with E-state index in [0.29, 0.717) is 5.56 Å². The molecule has 3 rings (SSSR count). The molecule has 0 fully saturated rings. The van der Waals surface area contributed by atoms with Gasteiger partial charge in [0, 0.05) is 14.9 Å². The summed E-state index contributed by atoms with van der Waals surface area (Å²) in [6, 6.07) is 11.8. The van der Waals surface area contributed by atoms with Crippen molar-refractivity contribution in [1.29, 1.82) is 5.41 Å². The van der Waals surface area contributed by atoms with Gasteiger partial charge >= 0.3 is 0 Å². The number of nitrogens with zero attached hydrogens (tertiary/aromatic N) is 1. The summed E-state index contributed by atoms with van der Waals surface area (Å²) >= 11 is 4.88. The quantitative estimate of drug-likeness (QED) is 0.486. The first-order chi connectivity index (χ1) is 10.0. The van der Waals surface area contributed by atoms with Crippen LogP contribution in [0.3, 0.4) is 0 Å². The summed E-state index contributed by atoms with van der Waals surface area (Å²) in [5.41, 5.74) is 9.49. The second-order valence-electron chi connectivity index (χ2n) is 4.72. The molecule has 0 atom stereocenters. The van der Waals surface area contributed by atoms with Crippen LogP contribution < -0.4 is 5.73 Å². The number of benzene rings is 2. The third-order valence-corrected chi connectivity index (χ3v) is 4.51. The van der Waals surface area contributed by atoms with Crippen LogP contribution in [0.1, 0.15) is 11.1 Å². The van der Waals surface area contributed by atoms with Crippen LogP contribution in [-0.2, 0) is 0 Å². The summed E-state index contributed by atoms with van der Waals surface area (Å²) in [6.07, 6.45) is 0. The first-order valence-corrected chi connectivity index (χ1v) is 7.92. The van der Waals surface area contributed by atoms with Crippen molar-refractivity contribution < 1.29 is 0 Å². The van der Waals surface area contributed by atoms with Gasteiger partial charge in [-0.1, -0.05) is 33.8 Å². The predicted octanol–water partition coefficient (Wildman–Crippen LogP) is 4.07. The zero-order valence-corrected chi connectivity index (χ0v) is 13.7. The molecule has 0 unspecified atom stereocenters. The van der Waals surface area contributed by atoms with E-state index in [9.17, 15) is 0 Å². The fourth-order valence-corrected chi connectivity index (χ4v) is 3.34. The van der Waals surface area contributed by atoms with Crippen LogP contribution in [0.2, 0.25) is 0 Å². The van der Waals surface area contributed by atoms with Crippen molar-refractivity contribution in [2.45, 2.75) is 17.0 Å². The molecule has 1 heterocycles. The molecule has 0 spiro atoms. The van der Waals surface area contributed by atoms with E-state index in [4.69, 9.17) is 11.1 Å². The monoisotopic (exact) mass is 360 g/mol. The van der Waals surface area contributed by atoms with Crippen molar-refractivity contribution in [3.63, 3.8) is 0 Å². The number of aromatic amines is 1. The maximum Gasteiger partial charge on any atom is 0.171 e. The van der Waals surface area contributed by atoms with Crippen LogP contribution in [0.4, 0.5) is 0 Å². The van der Waals surface area contributed by atoms with E-state index in [0.717, 1.165) is 25.6 Å². The van der Waals surface area contributed by atoms with E-state index in [1.807, 2.05) is 30.3 Å². The average molecular weight is 361 g/mol. The molecule has 0 radical (unpaired) electrons. The second-order valence-corrected chi connectivity index (χ2v) is 6.67. The van der Waals surface area contributed by atoms with Crippen molar-refractivity contribution in [3.8, 4) is 0 Å². The van der Waals surface area contributed by atoms with Crippen molar-refractivity contribution in [2.75, 3.05) is 0 Å². The molecule has 0 bridgehead atoms. The summed E-state index contributed by atoms with van der Waals surface area (Å²) in [6.45, 7) is 2.05. The fourth-order valence-electron chi connectivity index (χ4n) is 2.05. The minimum Gasteiger partial charge on any atom is -0.384 e. The molecule has 0 saturated heterocycles. The van der Waals surface area contributed by atoms with E-state index in [2.05, 4.69) is 38.9 Å². The second kappa shape index (κ2) is 5.54. The molecule has 6 heteroatoms. The number of amidine groups is 1. The number of aryl methyl sites for hydroxylation is 1. The number of nitrogens with one attached hydrogen (secondary N) is 2. The molecule has 0 aliphatic carbocycles. The van der Waals surface area contributed by atoms with Crippen LogP contribution in [-0.4, -0.2) is 15.8 Å². The van der Waals surface area contributed by atoms with Crippen LogP contribution in [0.25, 0.3) is 11.0 Å². The van der Waals surface area contributed by atoms with E-state index < -0.39 is 0 Å². The van der Waals surface area contributed by atoms with Gasteiger partial charge in [-0.15, -0.1) is 0 Å². The summed E-state index contributed by atoms with van der Waals surface area (Å²) in [5.74, 6) is 0.0470. The zero-order valence-electron chi connectivity index (χ0n) is 11.3. The molecular weight excluding hydrogens is 348 g/mol. The number of nitrogen functional groups attached to an aromatic ring is 1. The summed E-state index contributed by atoms with van der Waals surface area (Å²) < 4.78 is 0.900. The highest BCUT2D eigenvalue weighted by molar-refractivity contribution is 9.10. The highest BCUT2D eigenvalue weighted by Crippen LogP contribution is 2.31. The Balaban J connectivity index is 2.00. The van der Waals surface area contributed by atoms with Gasteiger partial charge < -0.3 is 10.7 Å². The molecule has 4 nitrogen and oxygen atoms in total. The van der Waals surface area contributed by atoms with Gasteiger partial charge in [-0.05, 0) is 42.8 Å². The maximum atomic E-state index is 7.69. The summed E-state index contributed by atoms with van der Waals surface area (Å²) in [7, 11) is 0. The first kappa shape index (κ1) is 14.2. The Bertz CT molecular complexity index is 841. The van der Waals surface area contributed by atoms with Crippen molar-refractivity contribution >= 4 is 44.6 Å². The summed E-state index contributed by atoms with van der Waals surface area (Å²) in [4.78, 5) is 8.75. The topological polar surface area (TPSA) is 78.6 Å². The fraction of sp³-hybridized carbons (Fsp3) is 0.0667. The number of halogens is 1. The number of rotatable bonds is 3. The van der Waals surface area contributed by atoms with E-state index in [1.165, 1.54) is 17.3 Å². The molecule has 106 valence electrons. The third kappa shape index (κ3) is 2.96. The normalized spacial score (nSPS) is 11.0. The molecular formula is C15H13BrN4S. The minimum absolute atomic E-state index is 0.0470. The van der Waals surface area contributed by atoms with Crippen LogP contribution in [0, 0.1) is 12.3 Å². The minimum atomic E-state index is 0.0470. The number of H-pyrrole nitrogens is 1. The van der Waals surface area contributed by atoms with Gasteiger partial charge in [0.05, 0.1) is 11.0 Å². The van der Waals surface area contributed by atoms with Crippen LogP contribution in [0.5, 0.6) is 0 Å². The third-order valence-electron chi connectivity index (χ3n) is 3.05. The lowest BCUT2D eigenvalue weighted by molar-refractivity contribution is 1.08. The predicted molar refractivity (Wildman–Crippen MR) is 90.1 cm³/mol. The van der Waals surface area contributed by atoms with Crippen LogP contribution in [0.15, 0.2) is 50.9 Å². The molecule has 0 saturated carbocycles. The Labute approximate surface area is 134 Å². The smallest absolute Gasteiger partial charge is 0.171 e. The highest BCUT2D eigenvalue weighted by Gasteiger charge is 2.11. The number of fused-ring (bicyclic) bond motifs is 1. The molecule has 3 aromatic rings. The first-order valence-electron chi connectivity index (χ1n) is 6.31. The Hall–Kier alpha value is -1.79. The van der Waals surface area contributed by atoms with Gasteiger partial charge in [-0.2, -0.15) is 0 Å². The number of hydrogen-bond acceptors (Lipinski definition) is 3. The lowest BCUT2D eigenvalue weighted by atomic mass is 10.2. The van der Waals surface area contributed by atoms with Crippen molar-refractivity contribution in [2.24, 2.45) is 5.73 Å². The van der Waals surface area contributed by atoms with Gasteiger partial charge in [0.15, 0.2) is 5.16 Å². The average Bonchev–Trinajstić information content (AvgIpc) is 2.82. The Kier molecular flexibility index (Phi) is 3.73. The van der Waals surface area contributed by atoms with Crippen molar-refractivity contribution in [1.82, 2.24) is 9.97 Å². The number of imidazole rings is 1. The van der Waals surface area contributed by atoms with Gasteiger partial charge in [-0.25, -0.2) is 4.98 Å². The van der Waals surface area contributed by atoms with Gasteiger partial charge in [0.1, 0.15) is 5.84 Å². The molecule has 2 aromatic carbocycles. The Morgan fingerprint density at radius 3 is 2.86 bits per heavy atom. The Morgan fingerprint density at radius 1 is 1.29 bits per heavy atom. The molecule has 4 N–H and O–H groups in total. The van der Waals surface area contributed by atoms with Gasteiger partial charge in [0.25, 0.3) is 0 Å². The van der Waals surface area contributed by atoms with Crippen molar-refractivity contribution in [3.05, 3.63) is 52.0 Å². The Morgan fingerprint density at radius 2 is 2.10 bits per heavy atom. The lowest BCUT2D eigenvalue weighted by Gasteiger charge is -2.06. The molecule has 1 aromatic heterocycles.